The third-order valence-electron chi connectivity index (χ3n) is 5.14. The van der Waals surface area contributed by atoms with Crippen LogP contribution in [0.5, 0.6) is 0 Å². The van der Waals surface area contributed by atoms with Crippen molar-refractivity contribution in [3.05, 3.63) is 16.8 Å². The normalized spacial score (nSPS) is 19.0. The molecule has 1 atom stereocenters. The number of nitrogens with one attached hydrogen (secondary N) is 1. The summed E-state index contributed by atoms with van der Waals surface area (Å²) in [5.41, 5.74) is 1.38. The lowest BCUT2D eigenvalue weighted by Gasteiger charge is -2.18. The number of carbonyl (C=O) groups excluding carboxylic acids is 2. The zero-order valence-corrected chi connectivity index (χ0v) is 17.3. The maximum Gasteiger partial charge on any atom is 0.239 e. The largest absolute Gasteiger partial charge is 0.352 e. The summed E-state index contributed by atoms with van der Waals surface area (Å²) in [7, 11) is 1.68. The number of aromatic nitrogens is 2. The van der Waals surface area contributed by atoms with Gasteiger partial charge in [-0.15, -0.1) is 11.3 Å². The van der Waals surface area contributed by atoms with E-state index in [1.165, 1.54) is 33.5 Å². The molecule has 1 fully saturated rings. The minimum absolute atomic E-state index is 0.0598. The van der Waals surface area contributed by atoms with E-state index in [1.807, 2.05) is 0 Å². The van der Waals surface area contributed by atoms with Crippen LogP contribution in [-0.2, 0) is 22.4 Å². The highest BCUT2D eigenvalue weighted by atomic mass is 32.2. The molecule has 2 heterocycles. The Kier molecular flexibility index (Phi) is 5.36. The first kappa shape index (κ1) is 18.7. The van der Waals surface area contributed by atoms with Crippen LogP contribution >= 0.6 is 23.1 Å². The molecule has 0 unspecified atom stereocenters. The minimum atomic E-state index is -0.0798. The number of carbonyl (C=O) groups is 2. The topological polar surface area (TPSA) is 75.2 Å². The smallest absolute Gasteiger partial charge is 0.239 e. The van der Waals surface area contributed by atoms with Gasteiger partial charge in [-0.25, -0.2) is 9.97 Å². The predicted octanol–water partition coefficient (Wildman–Crippen LogP) is 2.65. The molecular formula is C19H24N4O2S2. The fourth-order valence-electron chi connectivity index (χ4n) is 3.40. The lowest BCUT2D eigenvalue weighted by molar-refractivity contribution is -0.132. The van der Waals surface area contributed by atoms with Gasteiger partial charge < -0.3 is 10.2 Å². The summed E-state index contributed by atoms with van der Waals surface area (Å²) in [4.78, 5) is 37.2. The number of likely N-dealkylation sites (N-methyl/N-ethyl adjacent to an activating group) is 1. The Morgan fingerprint density at radius 3 is 2.93 bits per heavy atom. The van der Waals surface area contributed by atoms with Crippen LogP contribution in [0.2, 0.25) is 0 Å². The van der Waals surface area contributed by atoms with Crippen LogP contribution in [0.15, 0.2) is 11.4 Å². The van der Waals surface area contributed by atoms with Gasteiger partial charge in [0.25, 0.3) is 0 Å². The Labute approximate surface area is 167 Å². The molecule has 0 radical (unpaired) electrons. The van der Waals surface area contributed by atoms with Gasteiger partial charge >= 0.3 is 0 Å². The number of thiophene rings is 1. The zero-order valence-electron chi connectivity index (χ0n) is 15.7. The molecule has 0 aromatic carbocycles. The second-order valence-corrected chi connectivity index (χ2v) is 9.64. The van der Waals surface area contributed by atoms with Gasteiger partial charge in [-0.3, -0.25) is 9.59 Å². The van der Waals surface area contributed by atoms with Crippen molar-refractivity contribution in [2.24, 2.45) is 5.92 Å². The molecule has 2 aliphatic rings. The van der Waals surface area contributed by atoms with Crippen LogP contribution in [0.3, 0.4) is 0 Å². The molecule has 4 rings (SSSR count). The standard InChI is InChI=1S/C19H24N4O2S2/c1-11-3-6-13-14(7-11)27-19-17(13)18(20-10-21-19)26-9-16(25)23(2)8-15(24)22-12-4-5-12/h10-12H,3-9H2,1-2H3,(H,22,24)/t11-/m0/s1. The first-order chi connectivity index (χ1) is 13.0. The number of hydrogen-bond donors (Lipinski definition) is 1. The summed E-state index contributed by atoms with van der Waals surface area (Å²) in [5, 5.41) is 4.93. The van der Waals surface area contributed by atoms with Crippen molar-refractivity contribution in [2.75, 3.05) is 19.3 Å². The second-order valence-electron chi connectivity index (χ2n) is 7.59. The van der Waals surface area contributed by atoms with Crippen LogP contribution in [0.1, 0.15) is 36.6 Å². The summed E-state index contributed by atoms with van der Waals surface area (Å²) in [5.74, 6) is 0.853. The van der Waals surface area contributed by atoms with E-state index in [0.717, 1.165) is 40.9 Å². The molecule has 1 saturated carbocycles. The molecule has 27 heavy (non-hydrogen) atoms. The Bertz CT molecular complexity index is 878. The highest BCUT2D eigenvalue weighted by Crippen LogP contribution is 2.40. The van der Waals surface area contributed by atoms with Crippen molar-refractivity contribution in [1.82, 2.24) is 20.2 Å². The number of thioether (sulfide) groups is 1. The number of amides is 2. The molecule has 2 amide bonds. The van der Waals surface area contributed by atoms with Crippen LogP contribution in [-0.4, -0.2) is 52.1 Å². The highest BCUT2D eigenvalue weighted by molar-refractivity contribution is 8.00. The van der Waals surface area contributed by atoms with Crippen molar-refractivity contribution >= 4 is 45.1 Å². The van der Waals surface area contributed by atoms with Gasteiger partial charge in [-0.1, -0.05) is 18.7 Å². The van der Waals surface area contributed by atoms with Crippen molar-refractivity contribution in [1.29, 1.82) is 0 Å². The summed E-state index contributed by atoms with van der Waals surface area (Å²) < 4.78 is 0. The summed E-state index contributed by atoms with van der Waals surface area (Å²) >= 11 is 3.22. The molecule has 2 aliphatic carbocycles. The monoisotopic (exact) mass is 404 g/mol. The molecular weight excluding hydrogens is 380 g/mol. The number of nitrogens with zero attached hydrogens (tertiary/aromatic N) is 3. The number of fused-ring (bicyclic) bond motifs is 3. The first-order valence-electron chi connectivity index (χ1n) is 9.42. The second kappa shape index (κ2) is 7.75. The van der Waals surface area contributed by atoms with Gasteiger partial charge in [0.2, 0.25) is 11.8 Å². The van der Waals surface area contributed by atoms with E-state index in [0.29, 0.717) is 12.0 Å². The van der Waals surface area contributed by atoms with E-state index in [2.05, 4.69) is 22.2 Å². The molecule has 2 aromatic rings. The average Bonchev–Trinajstić information content (AvgIpc) is 3.36. The quantitative estimate of drug-likeness (QED) is 0.592. The Hall–Kier alpha value is -1.67. The fourth-order valence-corrected chi connectivity index (χ4v) is 5.78. The summed E-state index contributed by atoms with van der Waals surface area (Å²) in [6.07, 6.45) is 7.05. The van der Waals surface area contributed by atoms with E-state index in [1.54, 1.807) is 24.7 Å². The van der Waals surface area contributed by atoms with Crippen molar-refractivity contribution in [3.63, 3.8) is 0 Å². The molecule has 2 aromatic heterocycles. The molecule has 0 saturated heterocycles. The van der Waals surface area contributed by atoms with Gasteiger partial charge in [-0.2, -0.15) is 0 Å². The van der Waals surface area contributed by atoms with Gasteiger partial charge in [0.05, 0.1) is 12.3 Å². The van der Waals surface area contributed by atoms with Crippen molar-refractivity contribution in [3.8, 4) is 0 Å². The maximum atomic E-state index is 12.4. The molecule has 1 N–H and O–H groups in total. The Morgan fingerprint density at radius 2 is 2.15 bits per heavy atom. The van der Waals surface area contributed by atoms with E-state index in [-0.39, 0.29) is 24.1 Å². The van der Waals surface area contributed by atoms with Crippen molar-refractivity contribution < 1.29 is 9.59 Å². The van der Waals surface area contributed by atoms with Crippen LogP contribution in [0.25, 0.3) is 10.2 Å². The highest BCUT2D eigenvalue weighted by Gasteiger charge is 2.25. The summed E-state index contributed by atoms with van der Waals surface area (Å²) in [6, 6.07) is 0.317. The Morgan fingerprint density at radius 1 is 1.33 bits per heavy atom. The third-order valence-corrected chi connectivity index (χ3v) is 7.27. The van der Waals surface area contributed by atoms with Gasteiger partial charge in [0.15, 0.2) is 0 Å². The van der Waals surface area contributed by atoms with E-state index >= 15 is 0 Å². The fraction of sp³-hybridized carbons (Fsp3) is 0.579. The van der Waals surface area contributed by atoms with Crippen LogP contribution in [0, 0.1) is 5.92 Å². The molecule has 0 aliphatic heterocycles. The molecule has 0 bridgehead atoms. The number of aryl methyl sites for hydroxylation is 1. The SMILES string of the molecule is C[C@H]1CCc2c(sc3ncnc(SCC(=O)N(C)CC(=O)NC4CC4)c23)C1. The zero-order chi connectivity index (χ0) is 19.0. The van der Waals surface area contributed by atoms with Crippen LogP contribution in [0.4, 0.5) is 0 Å². The van der Waals surface area contributed by atoms with Crippen molar-refractivity contribution in [2.45, 2.75) is 50.1 Å². The lowest BCUT2D eigenvalue weighted by atomic mass is 9.89. The van der Waals surface area contributed by atoms with Gasteiger partial charge in [0, 0.05) is 23.4 Å². The Balaban J connectivity index is 1.42. The predicted molar refractivity (Wildman–Crippen MR) is 108 cm³/mol. The first-order valence-corrected chi connectivity index (χ1v) is 11.2. The molecule has 0 spiro atoms. The maximum absolute atomic E-state index is 12.4. The van der Waals surface area contributed by atoms with E-state index < -0.39 is 0 Å². The van der Waals surface area contributed by atoms with E-state index in [9.17, 15) is 9.59 Å². The average molecular weight is 405 g/mol. The minimum Gasteiger partial charge on any atom is -0.352 e. The summed E-state index contributed by atoms with van der Waals surface area (Å²) in [6.45, 7) is 2.41. The third kappa shape index (κ3) is 4.27. The van der Waals surface area contributed by atoms with Crippen LogP contribution < -0.4 is 5.32 Å². The number of hydrogen-bond acceptors (Lipinski definition) is 6. The molecule has 144 valence electrons. The lowest BCUT2D eigenvalue weighted by Crippen LogP contribution is -2.39. The number of rotatable bonds is 6. The molecule has 8 heteroatoms. The van der Waals surface area contributed by atoms with Gasteiger partial charge in [-0.05, 0) is 43.6 Å². The van der Waals surface area contributed by atoms with Gasteiger partial charge in [0.1, 0.15) is 16.2 Å². The van der Waals surface area contributed by atoms with E-state index in [4.69, 9.17) is 0 Å². The molecule has 6 nitrogen and oxygen atoms in total.